The molecule has 0 saturated heterocycles. The predicted molar refractivity (Wildman–Crippen MR) is 124 cm³/mol. The van der Waals surface area contributed by atoms with Gasteiger partial charge < -0.3 is 4.42 Å². The highest BCUT2D eigenvalue weighted by Crippen LogP contribution is 2.24. The number of aryl methyl sites for hydroxylation is 2. The summed E-state index contributed by atoms with van der Waals surface area (Å²) in [4.78, 5) is 24.8. The number of hydrogen-bond acceptors (Lipinski definition) is 5. The quantitative estimate of drug-likeness (QED) is 0.388. The van der Waals surface area contributed by atoms with Crippen LogP contribution in [0.15, 0.2) is 82.1 Å². The number of hydrazine groups is 1. The highest BCUT2D eigenvalue weighted by Gasteiger charge is 2.19. The zero-order valence-electron chi connectivity index (χ0n) is 17.9. The Morgan fingerprint density at radius 1 is 0.788 bits per heavy atom. The van der Waals surface area contributed by atoms with Crippen LogP contribution in [-0.4, -0.2) is 20.2 Å². The first-order chi connectivity index (χ1) is 15.7. The van der Waals surface area contributed by atoms with Crippen LogP contribution in [0.2, 0.25) is 0 Å². The minimum Gasteiger partial charge on any atom is -0.451 e. The van der Waals surface area contributed by atoms with Gasteiger partial charge in [0.15, 0.2) is 5.76 Å². The number of benzene rings is 3. The molecule has 0 spiro atoms. The van der Waals surface area contributed by atoms with Crippen LogP contribution < -0.4 is 15.6 Å². The van der Waals surface area contributed by atoms with Crippen molar-refractivity contribution in [1.82, 2.24) is 10.9 Å². The average Bonchev–Trinajstić information content (AvgIpc) is 3.15. The van der Waals surface area contributed by atoms with Gasteiger partial charge in [0, 0.05) is 22.2 Å². The van der Waals surface area contributed by atoms with Gasteiger partial charge in [0.2, 0.25) is 0 Å². The number of furan rings is 1. The van der Waals surface area contributed by atoms with Crippen molar-refractivity contribution in [2.24, 2.45) is 0 Å². The third-order valence-corrected chi connectivity index (χ3v) is 6.47. The van der Waals surface area contributed by atoms with Crippen LogP contribution in [0, 0.1) is 13.8 Å². The van der Waals surface area contributed by atoms with E-state index < -0.39 is 21.8 Å². The summed E-state index contributed by atoms with van der Waals surface area (Å²) in [6.45, 7) is 3.66. The highest BCUT2D eigenvalue weighted by molar-refractivity contribution is 7.92. The number of nitrogens with one attached hydrogen (secondary N) is 3. The van der Waals surface area contributed by atoms with Crippen LogP contribution in [-0.2, 0) is 10.0 Å². The minimum atomic E-state index is -3.81. The summed E-state index contributed by atoms with van der Waals surface area (Å²) in [5, 5.41) is 0.810. The molecule has 0 aliphatic rings. The predicted octanol–water partition coefficient (Wildman–Crippen LogP) is 3.93. The number of rotatable bonds is 5. The van der Waals surface area contributed by atoms with Crippen LogP contribution >= 0.6 is 0 Å². The first kappa shape index (κ1) is 22.1. The van der Waals surface area contributed by atoms with Crippen molar-refractivity contribution in [3.63, 3.8) is 0 Å². The van der Waals surface area contributed by atoms with E-state index in [9.17, 15) is 18.0 Å². The van der Waals surface area contributed by atoms with Gasteiger partial charge in [-0.3, -0.25) is 25.2 Å². The van der Waals surface area contributed by atoms with E-state index in [0.717, 1.165) is 10.9 Å². The summed E-state index contributed by atoms with van der Waals surface area (Å²) in [5.41, 5.74) is 7.48. The minimum absolute atomic E-state index is 0.00145. The molecule has 0 atom stereocenters. The van der Waals surface area contributed by atoms with Crippen LogP contribution in [0.5, 0.6) is 0 Å². The number of anilines is 1. The molecule has 3 N–H and O–H groups in total. The van der Waals surface area contributed by atoms with Crippen molar-refractivity contribution in [2.45, 2.75) is 18.7 Å². The lowest BCUT2D eigenvalue weighted by molar-refractivity contribution is 0.0831. The van der Waals surface area contributed by atoms with Crippen LogP contribution in [0.3, 0.4) is 0 Å². The Balaban J connectivity index is 1.41. The van der Waals surface area contributed by atoms with Gasteiger partial charge in [-0.15, -0.1) is 0 Å². The Morgan fingerprint density at radius 3 is 2.09 bits per heavy atom. The molecular formula is C24H21N3O5S. The third-order valence-electron chi connectivity index (χ3n) is 5.07. The molecule has 8 nitrogen and oxygen atoms in total. The van der Waals surface area contributed by atoms with E-state index in [1.807, 2.05) is 19.1 Å². The molecule has 0 fully saturated rings. The monoisotopic (exact) mass is 463 g/mol. The fraction of sp³-hybridized carbons (Fsp3) is 0.0833. The normalized spacial score (nSPS) is 11.2. The molecule has 9 heteroatoms. The second-order valence-electron chi connectivity index (χ2n) is 7.46. The molecule has 4 rings (SSSR count). The molecule has 0 aliphatic carbocycles. The van der Waals surface area contributed by atoms with Gasteiger partial charge in [-0.1, -0.05) is 35.9 Å². The summed E-state index contributed by atoms with van der Waals surface area (Å²) in [6.07, 6.45) is 0. The maximum atomic E-state index is 12.6. The van der Waals surface area contributed by atoms with E-state index in [-0.39, 0.29) is 16.2 Å². The Hall–Kier alpha value is -4.11. The maximum absolute atomic E-state index is 12.6. The first-order valence-electron chi connectivity index (χ1n) is 10.0. The van der Waals surface area contributed by atoms with Crippen molar-refractivity contribution in [2.75, 3.05) is 4.72 Å². The summed E-state index contributed by atoms with van der Waals surface area (Å²) in [6, 6.07) is 19.5. The van der Waals surface area contributed by atoms with E-state index in [2.05, 4.69) is 15.6 Å². The van der Waals surface area contributed by atoms with Crippen molar-refractivity contribution >= 4 is 38.5 Å². The van der Waals surface area contributed by atoms with Crippen LogP contribution in [0.1, 0.15) is 32.0 Å². The second-order valence-corrected chi connectivity index (χ2v) is 9.14. The molecule has 168 valence electrons. The van der Waals surface area contributed by atoms with E-state index in [1.54, 1.807) is 43.3 Å². The lowest BCUT2D eigenvalue weighted by atomic mass is 10.1. The summed E-state index contributed by atoms with van der Waals surface area (Å²) < 4.78 is 33.2. The standard InChI is InChI=1S/C24H21N3O5S/c1-15-7-11-18(12-8-15)27-33(30,31)19-13-9-17(10-14-19)23(28)25-26-24(29)22-16(2)20-5-3-4-6-21(20)32-22/h3-14,27H,1-2H3,(H,25,28)(H,26,29). The molecular weight excluding hydrogens is 442 g/mol. The van der Waals surface area contributed by atoms with Gasteiger partial charge in [-0.25, -0.2) is 8.42 Å². The molecule has 1 aromatic heterocycles. The largest absolute Gasteiger partial charge is 0.451 e. The van der Waals surface area contributed by atoms with Gasteiger partial charge in [-0.2, -0.15) is 0 Å². The molecule has 2 amide bonds. The number of sulfonamides is 1. The van der Waals surface area contributed by atoms with E-state index in [1.165, 1.54) is 24.3 Å². The zero-order chi connectivity index (χ0) is 23.6. The van der Waals surface area contributed by atoms with Gasteiger partial charge in [0.05, 0.1) is 4.90 Å². The number of para-hydroxylation sites is 1. The fourth-order valence-corrected chi connectivity index (χ4v) is 4.31. The van der Waals surface area contributed by atoms with Crippen molar-refractivity contribution < 1.29 is 22.4 Å². The van der Waals surface area contributed by atoms with Gasteiger partial charge in [0.1, 0.15) is 5.58 Å². The Labute approximate surface area is 190 Å². The fourth-order valence-electron chi connectivity index (χ4n) is 3.25. The summed E-state index contributed by atoms with van der Waals surface area (Å²) in [7, 11) is -3.81. The number of fused-ring (bicyclic) bond motifs is 1. The van der Waals surface area contributed by atoms with E-state index in [4.69, 9.17) is 4.42 Å². The Bertz CT molecular complexity index is 1440. The lowest BCUT2D eigenvalue weighted by Gasteiger charge is -2.10. The third kappa shape index (κ3) is 4.73. The van der Waals surface area contributed by atoms with Crippen molar-refractivity contribution in [3.05, 3.63) is 95.2 Å². The van der Waals surface area contributed by atoms with E-state index in [0.29, 0.717) is 16.8 Å². The molecule has 0 saturated carbocycles. The first-order valence-corrected chi connectivity index (χ1v) is 11.5. The summed E-state index contributed by atoms with van der Waals surface area (Å²) >= 11 is 0. The smallest absolute Gasteiger partial charge is 0.305 e. The van der Waals surface area contributed by atoms with Gasteiger partial charge in [-0.05, 0) is 56.3 Å². The van der Waals surface area contributed by atoms with Gasteiger partial charge in [0.25, 0.3) is 15.9 Å². The SMILES string of the molecule is Cc1ccc(NS(=O)(=O)c2ccc(C(=O)NNC(=O)c3oc4ccccc4c3C)cc2)cc1. The molecule has 3 aromatic carbocycles. The number of amides is 2. The molecule has 1 heterocycles. The molecule has 0 bridgehead atoms. The molecule has 4 aromatic rings. The van der Waals surface area contributed by atoms with Crippen LogP contribution in [0.4, 0.5) is 5.69 Å². The number of carbonyl (C=O) groups is 2. The van der Waals surface area contributed by atoms with Crippen molar-refractivity contribution in [1.29, 1.82) is 0 Å². The number of hydrogen-bond donors (Lipinski definition) is 3. The lowest BCUT2D eigenvalue weighted by Crippen LogP contribution is -2.41. The Kier molecular flexibility index (Phi) is 5.89. The topological polar surface area (TPSA) is 118 Å². The highest BCUT2D eigenvalue weighted by atomic mass is 32.2. The maximum Gasteiger partial charge on any atom is 0.305 e. The van der Waals surface area contributed by atoms with Crippen LogP contribution in [0.25, 0.3) is 11.0 Å². The molecule has 0 radical (unpaired) electrons. The Morgan fingerprint density at radius 2 is 1.42 bits per heavy atom. The second kappa shape index (κ2) is 8.79. The molecule has 0 aliphatic heterocycles. The molecule has 0 unspecified atom stereocenters. The number of carbonyl (C=O) groups excluding carboxylic acids is 2. The molecule has 33 heavy (non-hydrogen) atoms. The summed E-state index contributed by atoms with van der Waals surface area (Å²) in [5.74, 6) is -1.11. The zero-order valence-corrected chi connectivity index (χ0v) is 18.7. The average molecular weight is 464 g/mol. The van der Waals surface area contributed by atoms with Crippen molar-refractivity contribution in [3.8, 4) is 0 Å². The van der Waals surface area contributed by atoms with E-state index >= 15 is 0 Å². The van der Waals surface area contributed by atoms with Gasteiger partial charge >= 0.3 is 5.91 Å².